The molecule has 1 aliphatic heterocycles. The summed E-state index contributed by atoms with van der Waals surface area (Å²) in [5, 5.41) is 0. The molecule has 1 saturated heterocycles. The lowest BCUT2D eigenvalue weighted by Crippen LogP contribution is -2.41. The van der Waals surface area contributed by atoms with Crippen LogP contribution in [0.25, 0.3) is 0 Å². The Labute approximate surface area is 102 Å². The summed E-state index contributed by atoms with van der Waals surface area (Å²) in [6.07, 6.45) is 0. The van der Waals surface area contributed by atoms with Gasteiger partial charge in [0.2, 0.25) is 0 Å². The number of benzene rings is 1. The van der Waals surface area contributed by atoms with Gasteiger partial charge in [-0.05, 0) is 43.5 Å². The van der Waals surface area contributed by atoms with E-state index in [9.17, 15) is 4.79 Å². The fraction of sp³-hybridized carbons (Fsp3) is 0.500. The summed E-state index contributed by atoms with van der Waals surface area (Å²) < 4.78 is 5.26. The number of carbonyl (C=O) groups is 1. The number of amides is 1. The molecule has 0 atom stereocenters. The number of morpholine rings is 1. The molecular weight excluding hydrogens is 214 g/mol. The zero-order chi connectivity index (χ0) is 12.4. The van der Waals surface area contributed by atoms with Crippen LogP contribution >= 0.6 is 0 Å². The highest BCUT2D eigenvalue weighted by Crippen LogP contribution is 2.17. The molecule has 0 radical (unpaired) electrons. The normalized spacial score (nSPS) is 16.1. The first kappa shape index (κ1) is 12.1. The van der Waals surface area contributed by atoms with Crippen LogP contribution in [0, 0.1) is 20.8 Å². The molecule has 0 spiro atoms. The summed E-state index contributed by atoms with van der Waals surface area (Å²) in [4.78, 5) is 14.2. The van der Waals surface area contributed by atoms with E-state index in [2.05, 4.69) is 13.0 Å². The van der Waals surface area contributed by atoms with Gasteiger partial charge in [0.05, 0.1) is 13.2 Å². The fourth-order valence-electron chi connectivity index (χ4n) is 2.13. The molecule has 1 fully saturated rings. The van der Waals surface area contributed by atoms with Crippen molar-refractivity contribution in [3.05, 3.63) is 34.4 Å². The van der Waals surface area contributed by atoms with Gasteiger partial charge in [-0.1, -0.05) is 6.07 Å². The summed E-state index contributed by atoms with van der Waals surface area (Å²) in [7, 11) is 0. The molecule has 0 aliphatic carbocycles. The first-order valence-electron chi connectivity index (χ1n) is 6.04. The van der Waals surface area contributed by atoms with Crippen molar-refractivity contribution >= 4 is 5.91 Å². The van der Waals surface area contributed by atoms with Crippen molar-refractivity contribution in [3.8, 4) is 0 Å². The van der Waals surface area contributed by atoms with Gasteiger partial charge in [0.1, 0.15) is 0 Å². The lowest BCUT2D eigenvalue weighted by molar-refractivity contribution is 0.0302. The fourth-order valence-corrected chi connectivity index (χ4v) is 2.13. The monoisotopic (exact) mass is 233 g/mol. The van der Waals surface area contributed by atoms with Crippen molar-refractivity contribution in [1.29, 1.82) is 0 Å². The van der Waals surface area contributed by atoms with Crippen molar-refractivity contribution in [2.45, 2.75) is 20.8 Å². The SMILES string of the molecule is Cc1cc(C)c(C(=O)N2CCOCC2)cc1C. The van der Waals surface area contributed by atoms with E-state index in [0.717, 1.165) is 11.1 Å². The lowest BCUT2D eigenvalue weighted by atomic mass is 10.00. The maximum atomic E-state index is 12.4. The van der Waals surface area contributed by atoms with E-state index in [1.54, 1.807) is 0 Å². The molecular formula is C14H19NO2. The van der Waals surface area contributed by atoms with Gasteiger partial charge in [0, 0.05) is 18.7 Å². The van der Waals surface area contributed by atoms with Crippen molar-refractivity contribution < 1.29 is 9.53 Å². The molecule has 92 valence electrons. The third-order valence-electron chi connectivity index (χ3n) is 3.37. The molecule has 0 N–H and O–H groups in total. The van der Waals surface area contributed by atoms with Crippen molar-refractivity contribution in [1.82, 2.24) is 4.90 Å². The van der Waals surface area contributed by atoms with Crippen LogP contribution in [0.5, 0.6) is 0 Å². The second-order valence-corrected chi connectivity index (χ2v) is 4.66. The van der Waals surface area contributed by atoms with Crippen molar-refractivity contribution in [2.75, 3.05) is 26.3 Å². The zero-order valence-electron chi connectivity index (χ0n) is 10.7. The molecule has 0 bridgehead atoms. The Hall–Kier alpha value is -1.35. The molecule has 1 aromatic rings. The predicted octanol–water partition coefficient (Wildman–Crippen LogP) is 2.08. The van der Waals surface area contributed by atoms with E-state index in [1.165, 1.54) is 11.1 Å². The molecule has 1 aromatic carbocycles. The van der Waals surface area contributed by atoms with E-state index in [-0.39, 0.29) is 5.91 Å². The molecule has 0 unspecified atom stereocenters. The molecule has 2 rings (SSSR count). The van der Waals surface area contributed by atoms with Crippen LogP contribution in [0.4, 0.5) is 0 Å². The average molecular weight is 233 g/mol. The number of ether oxygens (including phenoxy) is 1. The number of carbonyl (C=O) groups excluding carboxylic acids is 1. The van der Waals surface area contributed by atoms with Crippen molar-refractivity contribution in [2.24, 2.45) is 0 Å². The Morgan fingerprint density at radius 3 is 2.29 bits per heavy atom. The van der Waals surface area contributed by atoms with Crippen LogP contribution < -0.4 is 0 Å². The number of aryl methyl sites for hydroxylation is 3. The topological polar surface area (TPSA) is 29.5 Å². The maximum absolute atomic E-state index is 12.4. The third-order valence-corrected chi connectivity index (χ3v) is 3.37. The van der Waals surface area contributed by atoms with Crippen LogP contribution in [0.1, 0.15) is 27.0 Å². The van der Waals surface area contributed by atoms with Crippen LogP contribution in [-0.2, 0) is 4.74 Å². The van der Waals surface area contributed by atoms with Crippen LogP contribution in [0.15, 0.2) is 12.1 Å². The Kier molecular flexibility index (Phi) is 3.48. The smallest absolute Gasteiger partial charge is 0.254 e. The highest BCUT2D eigenvalue weighted by molar-refractivity contribution is 5.96. The quantitative estimate of drug-likeness (QED) is 0.743. The molecule has 3 nitrogen and oxygen atoms in total. The standard InChI is InChI=1S/C14H19NO2/c1-10-8-12(3)13(9-11(10)2)14(16)15-4-6-17-7-5-15/h8-9H,4-7H2,1-3H3. The Morgan fingerprint density at radius 1 is 1.06 bits per heavy atom. The highest BCUT2D eigenvalue weighted by Gasteiger charge is 2.20. The molecule has 1 heterocycles. The van der Waals surface area contributed by atoms with E-state index < -0.39 is 0 Å². The minimum Gasteiger partial charge on any atom is -0.378 e. The molecule has 3 heteroatoms. The minimum atomic E-state index is 0.133. The van der Waals surface area contributed by atoms with Crippen LogP contribution in [0.3, 0.4) is 0 Å². The van der Waals surface area contributed by atoms with Crippen LogP contribution in [-0.4, -0.2) is 37.1 Å². The Bertz CT molecular complexity index is 434. The summed E-state index contributed by atoms with van der Waals surface area (Å²) in [5.41, 5.74) is 4.30. The summed E-state index contributed by atoms with van der Waals surface area (Å²) in [6, 6.07) is 4.09. The molecule has 1 aliphatic rings. The number of nitrogens with zero attached hydrogens (tertiary/aromatic N) is 1. The largest absolute Gasteiger partial charge is 0.378 e. The van der Waals surface area contributed by atoms with Crippen molar-refractivity contribution in [3.63, 3.8) is 0 Å². The Balaban J connectivity index is 2.26. The van der Waals surface area contributed by atoms with Gasteiger partial charge in [-0.15, -0.1) is 0 Å². The Morgan fingerprint density at radius 2 is 1.65 bits per heavy atom. The van der Waals surface area contributed by atoms with E-state index in [4.69, 9.17) is 4.74 Å². The molecule has 17 heavy (non-hydrogen) atoms. The lowest BCUT2D eigenvalue weighted by Gasteiger charge is -2.27. The summed E-state index contributed by atoms with van der Waals surface area (Å²) >= 11 is 0. The van der Waals surface area contributed by atoms with E-state index in [1.807, 2.05) is 24.8 Å². The van der Waals surface area contributed by atoms with Gasteiger partial charge >= 0.3 is 0 Å². The first-order valence-corrected chi connectivity index (χ1v) is 6.04. The third kappa shape index (κ3) is 2.50. The van der Waals surface area contributed by atoms with Gasteiger partial charge in [-0.2, -0.15) is 0 Å². The highest BCUT2D eigenvalue weighted by atomic mass is 16.5. The predicted molar refractivity (Wildman–Crippen MR) is 67.4 cm³/mol. The van der Waals surface area contributed by atoms with Gasteiger partial charge in [0.25, 0.3) is 5.91 Å². The summed E-state index contributed by atoms with van der Waals surface area (Å²) in [5.74, 6) is 0.133. The van der Waals surface area contributed by atoms with Gasteiger partial charge in [-0.25, -0.2) is 0 Å². The van der Waals surface area contributed by atoms with Gasteiger partial charge in [0.15, 0.2) is 0 Å². The molecule has 1 amide bonds. The average Bonchev–Trinajstić information content (AvgIpc) is 2.34. The van der Waals surface area contributed by atoms with E-state index in [0.29, 0.717) is 26.3 Å². The molecule has 0 saturated carbocycles. The van der Waals surface area contributed by atoms with Crippen LogP contribution in [0.2, 0.25) is 0 Å². The zero-order valence-corrected chi connectivity index (χ0v) is 10.7. The number of hydrogen-bond donors (Lipinski definition) is 0. The number of hydrogen-bond acceptors (Lipinski definition) is 2. The van der Waals surface area contributed by atoms with E-state index >= 15 is 0 Å². The molecule has 0 aromatic heterocycles. The first-order chi connectivity index (χ1) is 8.09. The second-order valence-electron chi connectivity index (χ2n) is 4.66. The van der Waals surface area contributed by atoms with Gasteiger partial charge in [-0.3, -0.25) is 4.79 Å². The minimum absolute atomic E-state index is 0.133. The summed E-state index contributed by atoms with van der Waals surface area (Å²) in [6.45, 7) is 8.82. The number of rotatable bonds is 1. The maximum Gasteiger partial charge on any atom is 0.254 e. The second kappa shape index (κ2) is 4.88. The van der Waals surface area contributed by atoms with Gasteiger partial charge < -0.3 is 9.64 Å².